The molecule has 0 bridgehead atoms. The minimum Gasteiger partial charge on any atom is -0.356 e. The van der Waals surface area contributed by atoms with Crippen LogP contribution >= 0.6 is 11.3 Å². The first-order chi connectivity index (χ1) is 14.7. The van der Waals surface area contributed by atoms with E-state index in [-0.39, 0.29) is 5.41 Å². The van der Waals surface area contributed by atoms with Crippen LogP contribution in [-0.2, 0) is 18.4 Å². The second-order valence-corrected chi connectivity index (χ2v) is 10.0. The molecule has 8 heteroatoms. The number of nitrogens with one attached hydrogen (secondary N) is 2. The van der Waals surface area contributed by atoms with Crippen molar-refractivity contribution in [2.24, 2.45) is 4.99 Å². The summed E-state index contributed by atoms with van der Waals surface area (Å²) in [7, 11) is 1.79. The Hall–Kier alpha value is -2.06. The predicted molar refractivity (Wildman–Crippen MR) is 124 cm³/mol. The van der Waals surface area contributed by atoms with E-state index in [1.807, 2.05) is 0 Å². The molecule has 2 heterocycles. The lowest BCUT2D eigenvalue weighted by atomic mass is 9.93. The smallest absolute Gasteiger partial charge is 0.191 e. The number of aromatic nitrogens is 1. The summed E-state index contributed by atoms with van der Waals surface area (Å²) >= 11 is 1.71. The third kappa shape index (κ3) is 6.97. The van der Waals surface area contributed by atoms with E-state index in [2.05, 4.69) is 46.7 Å². The molecule has 31 heavy (non-hydrogen) atoms. The van der Waals surface area contributed by atoms with Gasteiger partial charge in [0.05, 0.1) is 10.7 Å². The number of rotatable bonds is 6. The summed E-state index contributed by atoms with van der Waals surface area (Å²) in [5.74, 6) is -0.766. The van der Waals surface area contributed by atoms with Crippen molar-refractivity contribution in [2.75, 3.05) is 26.7 Å². The van der Waals surface area contributed by atoms with Crippen LogP contribution in [0.4, 0.5) is 8.78 Å². The Bertz CT molecular complexity index is 882. The number of nitrogens with zero attached hydrogens (tertiary/aromatic N) is 3. The molecule has 1 aromatic heterocycles. The zero-order valence-corrected chi connectivity index (χ0v) is 19.7. The van der Waals surface area contributed by atoms with Gasteiger partial charge in [-0.2, -0.15) is 0 Å². The standard InChI is InChI=1S/C23H33F2N5S/c1-23(2,3)20-15-31-21(29-20)7-10-27-22(26-4)28-17-8-11-30(12-9-17)14-16-5-6-18(24)19(25)13-16/h5-6,13,15,17H,7-12,14H2,1-4H3,(H2,26,27,28). The van der Waals surface area contributed by atoms with Gasteiger partial charge in [0.2, 0.25) is 0 Å². The fraction of sp³-hybridized carbons (Fsp3) is 0.565. The average molecular weight is 450 g/mol. The second-order valence-electron chi connectivity index (χ2n) is 9.07. The number of likely N-dealkylation sites (tertiary alicyclic amines) is 1. The molecular weight excluding hydrogens is 416 g/mol. The Morgan fingerprint density at radius 1 is 1.23 bits per heavy atom. The zero-order valence-electron chi connectivity index (χ0n) is 18.8. The molecular formula is C23H33F2N5S. The van der Waals surface area contributed by atoms with Gasteiger partial charge >= 0.3 is 0 Å². The number of benzene rings is 1. The highest BCUT2D eigenvalue weighted by Crippen LogP contribution is 2.24. The Balaban J connectivity index is 1.39. The molecule has 0 atom stereocenters. The predicted octanol–water partition coefficient (Wildman–Crippen LogP) is 4.09. The van der Waals surface area contributed by atoms with Gasteiger partial charge in [0, 0.05) is 56.5 Å². The van der Waals surface area contributed by atoms with Crippen molar-refractivity contribution in [2.45, 2.75) is 58.0 Å². The van der Waals surface area contributed by atoms with Crippen LogP contribution in [0.3, 0.4) is 0 Å². The van der Waals surface area contributed by atoms with E-state index >= 15 is 0 Å². The summed E-state index contributed by atoms with van der Waals surface area (Å²) < 4.78 is 26.5. The monoisotopic (exact) mass is 449 g/mol. The summed E-state index contributed by atoms with van der Waals surface area (Å²) in [6, 6.07) is 4.49. The zero-order chi connectivity index (χ0) is 22.4. The molecule has 0 unspecified atom stereocenters. The SMILES string of the molecule is CN=C(NCCc1nc(C(C)(C)C)cs1)NC1CCN(Cc2ccc(F)c(F)c2)CC1. The first-order valence-electron chi connectivity index (χ1n) is 10.8. The van der Waals surface area contributed by atoms with Crippen LogP contribution in [0.1, 0.15) is 49.9 Å². The van der Waals surface area contributed by atoms with E-state index in [1.54, 1.807) is 24.5 Å². The van der Waals surface area contributed by atoms with Gasteiger partial charge in [-0.15, -0.1) is 11.3 Å². The van der Waals surface area contributed by atoms with E-state index in [4.69, 9.17) is 4.98 Å². The number of hydrogen-bond acceptors (Lipinski definition) is 4. The Kier molecular flexibility index (Phi) is 8.00. The summed E-state index contributed by atoms with van der Waals surface area (Å²) in [5.41, 5.74) is 2.03. The Morgan fingerprint density at radius 2 is 1.97 bits per heavy atom. The highest BCUT2D eigenvalue weighted by Gasteiger charge is 2.21. The van der Waals surface area contributed by atoms with Crippen LogP contribution in [0.15, 0.2) is 28.6 Å². The number of hydrogen-bond donors (Lipinski definition) is 2. The normalized spacial score (nSPS) is 16.5. The van der Waals surface area contributed by atoms with Gasteiger partial charge < -0.3 is 10.6 Å². The molecule has 1 aliphatic rings. The van der Waals surface area contributed by atoms with Crippen LogP contribution < -0.4 is 10.6 Å². The van der Waals surface area contributed by atoms with E-state index in [9.17, 15) is 8.78 Å². The summed E-state index contributed by atoms with van der Waals surface area (Å²) in [4.78, 5) is 11.4. The molecule has 2 N–H and O–H groups in total. The fourth-order valence-corrected chi connectivity index (χ4v) is 4.60. The maximum absolute atomic E-state index is 13.4. The quantitative estimate of drug-likeness (QED) is 0.515. The van der Waals surface area contributed by atoms with Crippen LogP contribution in [0.25, 0.3) is 0 Å². The molecule has 0 aliphatic carbocycles. The van der Waals surface area contributed by atoms with Crippen molar-refractivity contribution in [1.82, 2.24) is 20.5 Å². The topological polar surface area (TPSA) is 52.6 Å². The summed E-state index contributed by atoms with van der Waals surface area (Å²) in [6.45, 7) is 9.77. The molecule has 0 spiro atoms. The minimum absolute atomic E-state index is 0.0828. The lowest BCUT2D eigenvalue weighted by Gasteiger charge is -2.33. The van der Waals surface area contributed by atoms with Crippen molar-refractivity contribution >= 4 is 17.3 Å². The molecule has 2 aromatic rings. The average Bonchev–Trinajstić information content (AvgIpc) is 3.21. The molecule has 5 nitrogen and oxygen atoms in total. The molecule has 1 aliphatic heterocycles. The Morgan fingerprint density at radius 3 is 2.58 bits per heavy atom. The summed E-state index contributed by atoms with van der Waals surface area (Å²) in [6.07, 6.45) is 2.83. The van der Waals surface area contributed by atoms with E-state index < -0.39 is 11.6 Å². The maximum Gasteiger partial charge on any atom is 0.191 e. The first kappa shape index (κ1) is 23.6. The molecule has 0 amide bonds. The molecule has 3 rings (SSSR count). The molecule has 170 valence electrons. The highest BCUT2D eigenvalue weighted by molar-refractivity contribution is 7.09. The highest BCUT2D eigenvalue weighted by atomic mass is 32.1. The fourth-order valence-electron chi connectivity index (χ4n) is 3.58. The molecule has 1 fully saturated rings. The van der Waals surface area contributed by atoms with Gasteiger partial charge in [-0.1, -0.05) is 26.8 Å². The van der Waals surface area contributed by atoms with Crippen LogP contribution in [0, 0.1) is 11.6 Å². The van der Waals surface area contributed by atoms with Gasteiger partial charge in [-0.05, 0) is 30.5 Å². The number of guanidine groups is 1. The third-order valence-corrected chi connectivity index (χ3v) is 6.40. The van der Waals surface area contributed by atoms with E-state index in [0.29, 0.717) is 12.6 Å². The first-order valence-corrected chi connectivity index (χ1v) is 11.7. The minimum atomic E-state index is -0.796. The number of piperidine rings is 1. The van der Waals surface area contributed by atoms with Crippen molar-refractivity contribution in [3.8, 4) is 0 Å². The lowest BCUT2D eigenvalue weighted by molar-refractivity contribution is 0.198. The van der Waals surface area contributed by atoms with Gasteiger partial charge in [0.25, 0.3) is 0 Å². The van der Waals surface area contributed by atoms with Crippen molar-refractivity contribution in [1.29, 1.82) is 0 Å². The Labute approximate surface area is 188 Å². The van der Waals surface area contributed by atoms with Crippen LogP contribution in [-0.4, -0.2) is 48.6 Å². The molecule has 1 aromatic carbocycles. The van der Waals surface area contributed by atoms with Crippen molar-refractivity contribution in [3.63, 3.8) is 0 Å². The van der Waals surface area contributed by atoms with Crippen LogP contribution in [0.5, 0.6) is 0 Å². The van der Waals surface area contributed by atoms with Gasteiger partial charge in [-0.25, -0.2) is 13.8 Å². The third-order valence-electron chi connectivity index (χ3n) is 5.49. The van der Waals surface area contributed by atoms with E-state index in [1.165, 1.54) is 12.1 Å². The number of aliphatic imine (C=N–C) groups is 1. The van der Waals surface area contributed by atoms with Crippen molar-refractivity contribution in [3.05, 3.63) is 51.5 Å². The lowest BCUT2D eigenvalue weighted by Crippen LogP contribution is -2.48. The second kappa shape index (κ2) is 10.5. The molecule has 1 saturated heterocycles. The maximum atomic E-state index is 13.4. The van der Waals surface area contributed by atoms with Crippen LogP contribution in [0.2, 0.25) is 0 Å². The van der Waals surface area contributed by atoms with Gasteiger partial charge in [-0.3, -0.25) is 9.89 Å². The van der Waals surface area contributed by atoms with Gasteiger partial charge in [0.1, 0.15) is 0 Å². The van der Waals surface area contributed by atoms with Gasteiger partial charge in [0.15, 0.2) is 17.6 Å². The summed E-state index contributed by atoms with van der Waals surface area (Å²) in [5, 5.41) is 10.2. The number of thiazole rings is 1. The molecule has 0 saturated carbocycles. The van der Waals surface area contributed by atoms with E-state index in [0.717, 1.165) is 61.1 Å². The molecule has 0 radical (unpaired) electrons. The van der Waals surface area contributed by atoms with Crippen molar-refractivity contribution < 1.29 is 8.78 Å². The number of halogens is 2. The largest absolute Gasteiger partial charge is 0.356 e.